The summed E-state index contributed by atoms with van der Waals surface area (Å²) in [5, 5.41) is 21.9. The monoisotopic (exact) mass is 476 g/mol. The van der Waals surface area contributed by atoms with Gasteiger partial charge < -0.3 is 30.3 Å². The molecule has 0 unspecified atom stereocenters. The Balaban J connectivity index is 1.30. The summed E-state index contributed by atoms with van der Waals surface area (Å²) >= 11 is 0. The van der Waals surface area contributed by atoms with Crippen LogP contribution < -0.4 is 16.0 Å². The van der Waals surface area contributed by atoms with Gasteiger partial charge in [-0.05, 0) is 37.1 Å². The average molecular weight is 477 g/mol. The normalized spacial score (nSPS) is 19.2. The molecule has 35 heavy (non-hydrogen) atoms. The van der Waals surface area contributed by atoms with Crippen LogP contribution in [0, 0.1) is 13.8 Å². The number of benzene rings is 2. The number of aliphatic hydroxyl groups is 1. The van der Waals surface area contributed by atoms with Crippen molar-refractivity contribution in [2.45, 2.75) is 38.5 Å². The number of aliphatic hydroxyl groups excluding tert-OH is 1. The second-order valence-electron chi connectivity index (χ2n) is 8.30. The van der Waals surface area contributed by atoms with E-state index in [1.807, 2.05) is 54.6 Å². The Hall–Kier alpha value is -3.95. The molecule has 0 bridgehead atoms. The number of carbonyl (C=O) groups is 2. The third-order valence-corrected chi connectivity index (χ3v) is 5.70. The highest BCUT2D eigenvalue weighted by Crippen LogP contribution is 2.22. The Morgan fingerprint density at radius 3 is 2.34 bits per heavy atom. The van der Waals surface area contributed by atoms with Gasteiger partial charge in [0.25, 0.3) is 0 Å². The fourth-order valence-electron chi connectivity index (χ4n) is 3.87. The van der Waals surface area contributed by atoms with Crippen molar-refractivity contribution < 1.29 is 24.0 Å². The van der Waals surface area contributed by atoms with Crippen LogP contribution in [0.25, 0.3) is 11.1 Å². The molecule has 3 atom stereocenters. The van der Waals surface area contributed by atoms with Gasteiger partial charge in [0, 0.05) is 5.69 Å². The first-order valence-corrected chi connectivity index (χ1v) is 11.3. The van der Waals surface area contributed by atoms with Crippen LogP contribution >= 0.6 is 0 Å². The number of amides is 3. The summed E-state index contributed by atoms with van der Waals surface area (Å²) in [6, 6.07) is 16.5. The number of carbonyl (C=O) groups excluding carboxylic acids is 2. The number of aryl methyl sites for hydroxylation is 2. The topological polar surface area (TPSA) is 126 Å². The van der Waals surface area contributed by atoms with Gasteiger partial charge in [-0.3, -0.25) is 4.79 Å². The summed E-state index contributed by atoms with van der Waals surface area (Å²) in [6.07, 6.45) is 2.29. The molecule has 2 aromatic carbocycles. The second-order valence-corrected chi connectivity index (χ2v) is 8.30. The predicted octanol–water partition coefficient (Wildman–Crippen LogP) is 3.79. The van der Waals surface area contributed by atoms with E-state index in [9.17, 15) is 14.7 Å². The van der Waals surface area contributed by atoms with Crippen LogP contribution in [0.15, 0.2) is 71.3 Å². The van der Waals surface area contributed by atoms with Crippen molar-refractivity contribution >= 4 is 23.3 Å². The van der Waals surface area contributed by atoms with Crippen molar-refractivity contribution in [3.63, 3.8) is 0 Å². The van der Waals surface area contributed by atoms with E-state index in [0.29, 0.717) is 22.8 Å². The Morgan fingerprint density at radius 1 is 0.971 bits per heavy atom. The number of aromatic nitrogens is 1. The van der Waals surface area contributed by atoms with E-state index in [2.05, 4.69) is 21.1 Å². The molecule has 182 valence electrons. The molecule has 0 saturated heterocycles. The van der Waals surface area contributed by atoms with Crippen LogP contribution in [0.5, 0.6) is 0 Å². The van der Waals surface area contributed by atoms with Crippen LogP contribution in [0.2, 0.25) is 0 Å². The van der Waals surface area contributed by atoms with E-state index >= 15 is 0 Å². The maximum Gasteiger partial charge on any atom is 0.319 e. The number of nitrogens with zero attached hydrogens (tertiary/aromatic N) is 1. The van der Waals surface area contributed by atoms with Crippen molar-refractivity contribution in [3.8, 4) is 11.1 Å². The Kier molecular flexibility index (Phi) is 7.59. The minimum absolute atomic E-state index is 0.0748. The summed E-state index contributed by atoms with van der Waals surface area (Å²) in [6.45, 7) is 3.10. The van der Waals surface area contributed by atoms with Gasteiger partial charge in [0.2, 0.25) is 5.91 Å². The number of hydrogen-bond donors (Lipinski definition) is 4. The highest BCUT2D eigenvalue weighted by atomic mass is 16.5. The first-order valence-electron chi connectivity index (χ1n) is 11.3. The number of anilines is 2. The molecular formula is C26H28N4O5. The van der Waals surface area contributed by atoms with E-state index in [1.54, 1.807) is 26.0 Å². The highest BCUT2D eigenvalue weighted by Gasteiger charge is 2.29. The van der Waals surface area contributed by atoms with Crippen molar-refractivity contribution in [2.24, 2.45) is 0 Å². The molecule has 3 amide bonds. The number of rotatable bonds is 7. The molecule has 0 saturated carbocycles. The fourth-order valence-corrected chi connectivity index (χ4v) is 3.87. The number of hydrogen-bond acceptors (Lipinski definition) is 6. The number of urea groups is 1. The molecule has 1 aromatic heterocycles. The molecule has 1 aliphatic rings. The van der Waals surface area contributed by atoms with E-state index in [-0.39, 0.29) is 18.9 Å². The fraction of sp³-hybridized carbons (Fsp3) is 0.269. The largest absolute Gasteiger partial charge is 0.394 e. The minimum Gasteiger partial charge on any atom is -0.394 e. The first kappa shape index (κ1) is 24.2. The van der Waals surface area contributed by atoms with Crippen molar-refractivity contribution in [3.05, 3.63) is 78.2 Å². The lowest BCUT2D eigenvalue weighted by molar-refractivity contribution is -0.120. The Labute approximate surface area is 203 Å². The van der Waals surface area contributed by atoms with E-state index < -0.39 is 24.3 Å². The SMILES string of the molecule is Cc1noc(C)c1NC(=O)N[C@H]1C=C[C@H](CC(=O)Nc2ccc(-c3ccccc3)cc2)O[C@@H]1CO. The van der Waals surface area contributed by atoms with Crippen molar-refractivity contribution in [1.82, 2.24) is 10.5 Å². The molecule has 0 fully saturated rings. The van der Waals surface area contributed by atoms with E-state index in [0.717, 1.165) is 11.1 Å². The quantitative estimate of drug-likeness (QED) is 0.385. The van der Waals surface area contributed by atoms with Gasteiger partial charge in [0.15, 0.2) is 5.76 Å². The highest BCUT2D eigenvalue weighted by molar-refractivity contribution is 5.92. The molecular weight excluding hydrogens is 448 g/mol. The zero-order valence-electron chi connectivity index (χ0n) is 19.5. The van der Waals surface area contributed by atoms with Crippen LogP contribution in [0.4, 0.5) is 16.2 Å². The third kappa shape index (κ3) is 6.14. The standard InChI is InChI=1S/C26H28N4O5/c1-16-25(17(2)35-30-16)29-26(33)28-22-13-12-21(34-23(22)15-31)14-24(32)27-20-10-8-19(9-11-20)18-6-4-3-5-7-18/h3-13,21-23,31H,14-15H2,1-2H3,(H,27,32)(H2,28,29,33)/t21-,22+,23-/m1/s1. The Morgan fingerprint density at radius 2 is 1.69 bits per heavy atom. The van der Waals surface area contributed by atoms with Gasteiger partial charge in [0.1, 0.15) is 17.5 Å². The summed E-state index contributed by atoms with van der Waals surface area (Å²) in [5.74, 6) is 0.277. The van der Waals surface area contributed by atoms with E-state index in [4.69, 9.17) is 9.26 Å². The van der Waals surface area contributed by atoms with Gasteiger partial charge in [0.05, 0.1) is 25.2 Å². The molecule has 4 rings (SSSR count). The van der Waals surface area contributed by atoms with Gasteiger partial charge in [-0.2, -0.15) is 0 Å². The Bertz CT molecular complexity index is 1170. The molecule has 0 spiro atoms. The smallest absolute Gasteiger partial charge is 0.319 e. The lowest BCUT2D eigenvalue weighted by Crippen LogP contribution is -2.50. The predicted molar refractivity (Wildman–Crippen MR) is 132 cm³/mol. The number of ether oxygens (including phenoxy) is 1. The average Bonchev–Trinajstić information content (AvgIpc) is 3.18. The van der Waals surface area contributed by atoms with Gasteiger partial charge >= 0.3 is 6.03 Å². The van der Waals surface area contributed by atoms with E-state index in [1.165, 1.54) is 0 Å². The summed E-state index contributed by atoms with van der Waals surface area (Å²) in [7, 11) is 0. The van der Waals surface area contributed by atoms with Crippen LogP contribution in [0.3, 0.4) is 0 Å². The maximum absolute atomic E-state index is 12.5. The lowest BCUT2D eigenvalue weighted by atomic mass is 10.0. The number of nitrogens with one attached hydrogen (secondary N) is 3. The lowest BCUT2D eigenvalue weighted by Gasteiger charge is -2.31. The summed E-state index contributed by atoms with van der Waals surface area (Å²) < 4.78 is 10.9. The zero-order valence-corrected chi connectivity index (χ0v) is 19.5. The minimum atomic E-state index is -0.696. The van der Waals surface area contributed by atoms with Crippen molar-refractivity contribution in [1.29, 1.82) is 0 Å². The van der Waals surface area contributed by atoms with Gasteiger partial charge in [-0.1, -0.05) is 59.8 Å². The molecule has 1 aliphatic heterocycles. The molecule has 9 heteroatoms. The molecule has 4 N–H and O–H groups in total. The van der Waals surface area contributed by atoms with Crippen molar-refractivity contribution in [2.75, 3.05) is 17.2 Å². The maximum atomic E-state index is 12.5. The third-order valence-electron chi connectivity index (χ3n) is 5.70. The van der Waals surface area contributed by atoms with Crippen LogP contribution in [-0.2, 0) is 9.53 Å². The molecule has 0 aliphatic carbocycles. The van der Waals surface area contributed by atoms with Gasteiger partial charge in [-0.15, -0.1) is 0 Å². The zero-order chi connectivity index (χ0) is 24.8. The first-order chi connectivity index (χ1) is 16.9. The molecule has 3 aromatic rings. The molecule has 9 nitrogen and oxygen atoms in total. The molecule has 2 heterocycles. The summed E-state index contributed by atoms with van der Waals surface area (Å²) in [4.78, 5) is 24.9. The molecule has 0 radical (unpaired) electrons. The van der Waals surface area contributed by atoms with Crippen LogP contribution in [0.1, 0.15) is 17.9 Å². The van der Waals surface area contributed by atoms with Gasteiger partial charge in [-0.25, -0.2) is 4.79 Å². The van der Waals surface area contributed by atoms with Crippen LogP contribution in [-0.4, -0.2) is 47.1 Å². The second kappa shape index (κ2) is 11.0. The summed E-state index contributed by atoms with van der Waals surface area (Å²) in [5.41, 5.74) is 3.90.